The summed E-state index contributed by atoms with van der Waals surface area (Å²) in [5.74, 6) is -0.635. The average Bonchev–Trinajstić information content (AvgIpc) is 2.70. The summed E-state index contributed by atoms with van der Waals surface area (Å²) in [5, 5.41) is 9.71. The van der Waals surface area contributed by atoms with Crippen LogP contribution in [0.2, 0.25) is 0 Å². The standard InChI is InChI=1S/C24H49NO3/c1-4-7-10-12-14-16-18-25(19-17-15-13-11-8-5-2)21-23(22-26)24(27)28-20-9-6-3/h23,26H,4-22H2,1-3H3. The second-order valence-electron chi connectivity index (χ2n) is 8.24. The SMILES string of the molecule is CCCCCCCCN(CCCCCCCC)CC(CO)C(=O)OCCCC. The quantitative estimate of drug-likeness (QED) is 0.191. The molecule has 1 N–H and O–H groups in total. The number of unbranched alkanes of at least 4 members (excludes halogenated alkanes) is 11. The predicted octanol–water partition coefficient (Wildman–Crippen LogP) is 5.96. The fourth-order valence-corrected chi connectivity index (χ4v) is 3.48. The Bertz CT molecular complexity index is 320. The number of aliphatic hydroxyl groups excluding tert-OH is 1. The number of ether oxygens (including phenoxy) is 1. The Morgan fingerprint density at radius 3 is 1.68 bits per heavy atom. The molecule has 0 aromatic rings. The largest absolute Gasteiger partial charge is 0.465 e. The number of nitrogens with zero attached hydrogens (tertiary/aromatic N) is 1. The first kappa shape index (κ1) is 27.4. The summed E-state index contributed by atoms with van der Waals surface area (Å²) in [5.41, 5.74) is 0. The summed E-state index contributed by atoms with van der Waals surface area (Å²) in [4.78, 5) is 14.7. The monoisotopic (exact) mass is 399 g/mol. The molecule has 1 atom stereocenters. The molecule has 4 nitrogen and oxygen atoms in total. The van der Waals surface area contributed by atoms with Crippen LogP contribution < -0.4 is 0 Å². The van der Waals surface area contributed by atoms with Gasteiger partial charge in [-0.15, -0.1) is 0 Å². The van der Waals surface area contributed by atoms with Crippen molar-refractivity contribution in [2.24, 2.45) is 5.92 Å². The van der Waals surface area contributed by atoms with Crippen LogP contribution in [0.3, 0.4) is 0 Å². The Labute approximate surface area is 175 Å². The van der Waals surface area contributed by atoms with Crippen molar-refractivity contribution in [3.8, 4) is 0 Å². The molecule has 0 aliphatic carbocycles. The minimum Gasteiger partial charge on any atom is -0.465 e. The van der Waals surface area contributed by atoms with Crippen LogP contribution >= 0.6 is 0 Å². The van der Waals surface area contributed by atoms with Crippen molar-refractivity contribution >= 4 is 5.97 Å². The minimum absolute atomic E-state index is 0.117. The molecule has 0 saturated heterocycles. The van der Waals surface area contributed by atoms with Crippen molar-refractivity contribution in [2.75, 3.05) is 32.8 Å². The summed E-state index contributed by atoms with van der Waals surface area (Å²) in [6, 6.07) is 0. The van der Waals surface area contributed by atoms with Gasteiger partial charge in [0.25, 0.3) is 0 Å². The lowest BCUT2D eigenvalue weighted by Gasteiger charge is -2.26. The number of carbonyl (C=O) groups is 1. The van der Waals surface area contributed by atoms with E-state index in [2.05, 4.69) is 25.7 Å². The molecule has 0 aliphatic heterocycles. The molecule has 0 aromatic carbocycles. The van der Waals surface area contributed by atoms with Crippen molar-refractivity contribution in [1.29, 1.82) is 0 Å². The Morgan fingerprint density at radius 1 is 0.750 bits per heavy atom. The molecular weight excluding hydrogens is 350 g/mol. The fourth-order valence-electron chi connectivity index (χ4n) is 3.48. The van der Waals surface area contributed by atoms with Gasteiger partial charge in [-0.3, -0.25) is 4.79 Å². The zero-order chi connectivity index (χ0) is 20.9. The third-order valence-electron chi connectivity index (χ3n) is 5.43. The number of esters is 1. The molecule has 0 aliphatic rings. The number of hydrogen-bond acceptors (Lipinski definition) is 4. The first-order chi connectivity index (χ1) is 13.7. The molecule has 0 saturated carbocycles. The number of hydrogen-bond donors (Lipinski definition) is 1. The third-order valence-corrected chi connectivity index (χ3v) is 5.43. The number of rotatable bonds is 21. The van der Waals surface area contributed by atoms with Crippen LogP contribution in [0.4, 0.5) is 0 Å². The van der Waals surface area contributed by atoms with Crippen molar-refractivity contribution in [1.82, 2.24) is 4.90 Å². The molecule has 0 heterocycles. The summed E-state index contributed by atoms with van der Waals surface area (Å²) in [6.45, 7) is 9.62. The van der Waals surface area contributed by atoms with Gasteiger partial charge in [0.2, 0.25) is 0 Å². The Morgan fingerprint density at radius 2 is 1.21 bits per heavy atom. The molecule has 1 unspecified atom stereocenters. The smallest absolute Gasteiger partial charge is 0.312 e. The Balaban J connectivity index is 4.34. The first-order valence-corrected chi connectivity index (χ1v) is 12.2. The van der Waals surface area contributed by atoms with Gasteiger partial charge in [-0.2, -0.15) is 0 Å². The summed E-state index contributed by atoms with van der Waals surface area (Å²) < 4.78 is 5.35. The van der Waals surface area contributed by atoms with Crippen molar-refractivity contribution in [3.63, 3.8) is 0 Å². The van der Waals surface area contributed by atoms with E-state index in [1.807, 2.05) is 0 Å². The highest BCUT2D eigenvalue weighted by atomic mass is 16.5. The molecule has 0 spiro atoms. The molecule has 4 heteroatoms. The van der Waals surface area contributed by atoms with Gasteiger partial charge in [0.15, 0.2) is 0 Å². The van der Waals surface area contributed by atoms with Gasteiger partial charge in [0.05, 0.1) is 19.1 Å². The van der Waals surface area contributed by atoms with E-state index in [1.165, 1.54) is 77.0 Å². The van der Waals surface area contributed by atoms with Crippen LogP contribution in [-0.4, -0.2) is 48.8 Å². The predicted molar refractivity (Wildman–Crippen MR) is 120 cm³/mol. The molecule has 28 heavy (non-hydrogen) atoms. The van der Waals surface area contributed by atoms with Crippen LogP contribution in [-0.2, 0) is 9.53 Å². The minimum atomic E-state index is -0.406. The highest BCUT2D eigenvalue weighted by Crippen LogP contribution is 2.11. The molecule has 0 radical (unpaired) electrons. The van der Waals surface area contributed by atoms with Crippen LogP contribution in [0.1, 0.15) is 111 Å². The highest BCUT2D eigenvalue weighted by Gasteiger charge is 2.22. The van der Waals surface area contributed by atoms with Gasteiger partial charge >= 0.3 is 5.97 Å². The molecule has 0 amide bonds. The van der Waals surface area contributed by atoms with E-state index in [-0.39, 0.29) is 12.6 Å². The molecule has 0 rings (SSSR count). The normalized spacial score (nSPS) is 12.5. The topological polar surface area (TPSA) is 49.8 Å². The third kappa shape index (κ3) is 16.4. The number of aliphatic hydroxyl groups is 1. The summed E-state index contributed by atoms with van der Waals surface area (Å²) in [6.07, 6.45) is 17.3. The van der Waals surface area contributed by atoms with Crippen LogP contribution in [0.15, 0.2) is 0 Å². The van der Waals surface area contributed by atoms with Gasteiger partial charge in [-0.25, -0.2) is 0 Å². The van der Waals surface area contributed by atoms with E-state index in [9.17, 15) is 9.90 Å². The van der Waals surface area contributed by atoms with E-state index < -0.39 is 5.92 Å². The average molecular weight is 400 g/mol. The van der Waals surface area contributed by atoms with Gasteiger partial charge in [-0.05, 0) is 32.4 Å². The maximum Gasteiger partial charge on any atom is 0.312 e. The van der Waals surface area contributed by atoms with Crippen LogP contribution in [0.25, 0.3) is 0 Å². The highest BCUT2D eigenvalue weighted by molar-refractivity contribution is 5.72. The van der Waals surface area contributed by atoms with E-state index in [0.717, 1.165) is 25.9 Å². The van der Waals surface area contributed by atoms with E-state index in [1.54, 1.807) is 0 Å². The van der Waals surface area contributed by atoms with Crippen molar-refractivity contribution < 1.29 is 14.6 Å². The van der Waals surface area contributed by atoms with E-state index >= 15 is 0 Å². The lowest BCUT2D eigenvalue weighted by Crippen LogP contribution is -2.37. The lowest BCUT2D eigenvalue weighted by atomic mass is 10.1. The fraction of sp³-hybridized carbons (Fsp3) is 0.958. The van der Waals surface area contributed by atoms with Gasteiger partial charge in [0.1, 0.15) is 0 Å². The Kier molecular flexibility index (Phi) is 20.6. The zero-order valence-corrected chi connectivity index (χ0v) is 19.2. The second kappa shape index (κ2) is 21.1. The van der Waals surface area contributed by atoms with E-state index in [4.69, 9.17) is 4.74 Å². The maximum absolute atomic E-state index is 12.3. The Hall–Kier alpha value is -0.610. The first-order valence-electron chi connectivity index (χ1n) is 12.2. The molecule has 0 aromatic heterocycles. The molecule has 0 fully saturated rings. The lowest BCUT2D eigenvalue weighted by molar-refractivity contribution is -0.150. The summed E-state index contributed by atoms with van der Waals surface area (Å²) in [7, 11) is 0. The van der Waals surface area contributed by atoms with Crippen molar-refractivity contribution in [2.45, 2.75) is 111 Å². The molecule has 168 valence electrons. The zero-order valence-electron chi connectivity index (χ0n) is 19.2. The maximum atomic E-state index is 12.3. The van der Waals surface area contributed by atoms with Gasteiger partial charge in [-0.1, -0.05) is 91.4 Å². The van der Waals surface area contributed by atoms with Gasteiger partial charge in [0, 0.05) is 6.54 Å². The van der Waals surface area contributed by atoms with Crippen molar-refractivity contribution in [3.05, 3.63) is 0 Å². The molecular formula is C24H49NO3. The van der Waals surface area contributed by atoms with Gasteiger partial charge < -0.3 is 14.7 Å². The number of carbonyl (C=O) groups excluding carboxylic acids is 1. The second-order valence-corrected chi connectivity index (χ2v) is 8.24. The van der Waals surface area contributed by atoms with Crippen LogP contribution in [0, 0.1) is 5.92 Å². The van der Waals surface area contributed by atoms with Crippen LogP contribution in [0.5, 0.6) is 0 Å². The van der Waals surface area contributed by atoms with E-state index in [0.29, 0.717) is 13.2 Å². The molecule has 0 bridgehead atoms. The summed E-state index contributed by atoms with van der Waals surface area (Å²) >= 11 is 0.